The fourth-order valence-electron chi connectivity index (χ4n) is 4.03. The number of likely N-dealkylation sites (tertiary alicyclic amines) is 1. The van der Waals surface area contributed by atoms with E-state index in [1.54, 1.807) is 0 Å². The van der Waals surface area contributed by atoms with Gasteiger partial charge in [0.15, 0.2) is 0 Å². The maximum absolute atomic E-state index is 12.7. The number of nitrogens with one attached hydrogen (secondary N) is 1. The summed E-state index contributed by atoms with van der Waals surface area (Å²) in [4.78, 5) is 17.1. The highest BCUT2D eigenvalue weighted by Gasteiger charge is 2.29. The van der Waals surface area contributed by atoms with Gasteiger partial charge < -0.3 is 9.64 Å². The van der Waals surface area contributed by atoms with Gasteiger partial charge in [-0.1, -0.05) is 6.92 Å². The maximum atomic E-state index is 12.7. The number of rotatable bonds is 5. The molecule has 1 amide bonds. The van der Waals surface area contributed by atoms with Crippen LogP contribution in [0.4, 0.5) is 0 Å². The van der Waals surface area contributed by atoms with E-state index in [4.69, 9.17) is 4.74 Å². The van der Waals surface area contributed by atoms with Crippen LogP contribution in [-0.2, 0) is 16.0 Å². The first-order valence-corrected chi connectivity index (χ1v) is 9.74. The van der Waals surface area contributed by atoms with Crippen molar-refractivity contribution in [1.29, 1.82) is 0 Å². The number of hydrogen-bond acceptors (Lipinski definition) is 4. The third-order valence-electron chi connectivity index (χ3n) is 5.69. The standard InChI is InChI=1S/C19H32N4O2/c1-4-15-12-20-21-19(15)16-5-7-22(8-6-16)18(24)11-17-13-23(14(2)3)9-10-25-17/h12,14,16-17H,4-11,13H2,1-3H3,(H,20,21). The Morgan fingerprint density at radius 3 is 2.80 bits per heavy atom. The summed E-state index contributed by atoms with van der Waals surface area (Å²) < 4.78 is 5.83. The molecule has 2 aliphatic rings. The highest BCUT2D eigenvalue weighted by atomic mass is 16.5. The smallest absolute Gasteiger partial charge is 0.225 e. The van der Waals surface area contributed by atoms with Gasteiger partial charge in [-0.05, 0) is 38.7 Å². The van der Waals surface area contributed by atoms with E-state index in [0.717, 1.165) is 52.0 Å². The van der Waals surface area contributed by atoms with Gasteiger partial charge >= 0.3 is 0 Å². The summed E-state index contributed by atoms with van der Waals surface area (Å²) >= 11 is 0. The number of H-pyrrole nitrogens is 1. The van der Waals surface area contributed by atoms with Crippen molar-refractivity contribution in [3.63, 3.8) is 0 Å². The van der Waals surface area contributed by atoms with Crippen LogP contribution in [0.2, 0.25) is 0 Å². The lowest BCUT2D eigenvalue weighted by atomic mass is 9.90. The minimum Gasteiger partial charge on any atom is -0.375 e. The van der Waals surface area contributed by atoms with Gasteiger partial charge in [0.05, 0.1) is 25.3 Å². The molecule has 6 heteroatoms. The third-order valence-corrected chi connectivity index (χ3v) is 5.69. The topological polar surface area (TPSA) is 61.5 Å². The molecule has 0 aliphatic carbocycles. The number of carbonyl (C=O) groups excluding carboxylic acids is 1. The molecule has 140 valence electrons. The van der Waals surface area contributed by atoms with Crippen LogP contribution in [0.15, 0.2) is 6.20 Å². The number of carbonyl (C=O) groups is 1. The van der Waals surface area contributed by atoms with Crippen LogP contribution in [0.3, 0.4) is 0 Å². The van der Waals surface area contributed by atoms with Gasteiger partial charge in [0.25, 0.3) is 0 Å². The van der Waals surface area contributed by atoms with Crippen LogP contribution < -0.4 is 0 Å². The van der Waals surface area contributed by atoms with Gasteiger partial charge in [0, 0.05) is 43.8 Å². The normalized spacial score (nSPS) is 23.4. The predicted octanol–water partition coefficient (Wildman–Crippen LogP) is 2.18. The quantitative estimate of drug-likeness (QED) is 0.886. The Labute approximate surface area is 150 Å². The Kier molecular flexibility index (Phi) is 6.12. The van der Waals surface area contributed by atoms with Crippen LogP contribution in [0.5, 0.6) is 0 Å². The summed E-state index contributed by atoms with van der Waals surface area (Å²) in [5.74, 6) is 0.748. The second-order valence-electron chi connectivity index (χ2n) is 7.60. The first kappa shape index (κ1) is 18.4. The lowest BCUT2D eigenvalue weighted by Crippen LogP contribution is -2.48. The molecule has 1 aromatic heterocycles. The maximum Gasteiger partial charge on any atom is 0.225 e. The molecule has 3 rings (SSSR count). The number of nitrogens with zero attached hydrogens (tertiary/aromatic N) is 3. The zero-order valence-corrected chi connectivity index (χ0v) is 15.8. The first-order chi connectivity index (χ1) is 12.1. The molecule has 0 saturated carbocycles. The summed E-state index contributed by atoms with van der Waals surface area (Å²) in [5, 5.41) is 7.37. The molecule has 2 aliphatic heterocycles. The number of aromatic nitrogens is 2. The average Bonchev–Trinajstić information content (AvgIpc) is 3.10. The Balaban J connectivity index is 1.48. The summed E-state index contributed by atoms with van der Waals surface area (Å²) in [6.07, 6.45) is 5.54. The van der Waals surface area contributed by atoms with E-state index in [2.05, 4.69) is 35.9 Å². The van der Waals surface area contributed by atoms with Gasteiger partial charge in [-0.2, -0.15) is 5.10 Å². The van der Waals surface area contributed by atoms with Crippen molar-refractivity contribution in [3.05, 3.63) is 17.5 Å². The number of aryl methyl sites for hydroxylation is 1. The van der Waals surface area contributed by atoms with Crippen molar-refractivity contribution in [2.24, 2.45) is 0 Å². The summed E-state index contributed by atoms with van der Waals surface area (Å²) in [6, 6.07) is 0.513. The van der Waals surface area contributed by atoms with Crippen LogP contribution in [-0.4, -0.2) is 70.8 Å². The minimum atomic E-state index is 0.0423. The molecule has 1 atom stereocenters. The van der Waals surface area contributed by atoms with Gasteiger partial charge in [0.2, 0.25) is 5.91 Å². The van der Waals surface area contributed by atoms with Crippen LogP contribution in [0.1, 0.15) is 57.2 Å². The van der Waals surface area contributed by atoms with Crippen LogP contribution >= 0.6 is 0 Å². The van der Waals surface area contributed by atoms with Gasteiger partial charge in [0.1, 0.15) is 0 Å². The number of ether oxygens (including phenoxy) is 1. The zero-order chi connectivity index (χ0) is 17.8. The van der Waals surface area contributed by atoms with E-state index in [9.17, 15) is 4.79 Å². The highest BCUT2D eigenvalue weighted by Crippen LogP contribution is 2.29. The van der Waals surface area contributed by atoms with Gasteiger partial charge in [-0.15, -0.1) is 0 Å². The van der Waals surface area contributed by atoms with E-state index in [0.29, 0.717) is 18.4 Å². The number of amides is 1. The molecular weight excluding hydrogens is 316 g/mol. The lowest BCUT2D eigenvalue weighted by Gasteiger charge is -2.37. The molecule has 1 unspecified atom stereocenters. The number of hydrogen-bond donors (Lipinski definition) is 1. The largest absolute Gasteiger partial charge is 0.375 e. The number of aromatic amines is 1. The second-order valence-corrected chi connectivity index (χ2v) is 7.60. The Morgan fingerprint density at radius 1 is 1.36 bits per heavy atom. The van der Waals surface area contributed by atoms with Crippen molar-refractivity contribution >= 4 is 5.91 Å². The van der Waals surface area contributed by atoms with Gasteiger partial charge in [-0.25, -0.2) is 0 Å². The van der Waals surface area contributed by atoms with Crippen molar-refractivity contribution < 1.29 is 9.53 Å². The highest BCUT2D eigenvalue weighted by molar-refractivity contribution is 5.76. The fraction of sp³-hybridized carbons (Fsp3) is 0.789. The molecule has 1 aromatic rings. The Bertz CT molecular complexity index is 564. The molecule has 0 aromatic carbocycles. The zero-order valence-electron chi connectivity index (χ0n) is 15.8. The summed E-state index contributed by atoms with van der Waals surface area (Å²) in [5.41, 5.74) is 2.59. The molecule has 6 nitrogen and oxygen atoms in total. The predicted molar refractivity (Wildman–Crippen MR) is 97.6 cm³/mol. The van der Waals surface area contributed by atoms with Crippen LogP contribution in [0, 0.1) is 0 Å². The molecule has 3 heterocycles. The molecule has 0 spiro atoms. The molecular formula is C19H32N4O2. The van der Waals surface area contributed by atoms with E-state index in [1.165, 1.54) is 11.3 Å². The molecule has 0 bridgehead atoms. The molecule has 2 fully saturated rings. The Hall–Kier alpha value is -1.40. The SMILES string of the molecule is CCc1cn[nH]c1C1CCN(C(=O)CC2CN(C(C)C)CCO2)CC1. The molecule has 25 heavy (non-hydrogen) atoms. The van der Waals surface area contributed by atoms with Crippen molar-refractivity contribution in [3.8, 4) is 0 Å². The molecule has 0 radical (unpaired) electrons. The average molecular weight is 348 g/mol. The second kappa shape index (κ2) is 8.32. The first-order valence-electron chi connectivity index (χ1n) is 9.74. The van der Waals surface area contributed by atoms with Crippen molar-refractivity contribution in [1.82, 2.24) is 20.0 Å². The fourth-order valence-corrected chi connectivity index (χ4v) is 4.03. The third kappa shape index (κ3) is 4.42. The summed E-state index contributed by atoms with van der Waals surface area (Å²) in [7, 11) is 0. The molecule has 2 saturated heterocycles. The van der Waals surface area contributed by atoms with Gasteiger partial charge in [-0.3, -0.25) is 14.8 Å². The van der Waals surface area contributed by atoms with Crippen LogP contribution in [0.25, 0.3) is 0 Å². The monoisotopic (exact) mass is 348 g/mol. The van der Waals surface area contributed by atoms with Crippen molar-refractivity contribution in [2.45, 2.75) is 64.5 Å². The van der Waals surface area contributed by atoms with E-state index >= 15 is 0 Å². The molecule has 1 N–H and O–H groups in total. The van der Waals surface area contributed by atoms with E-state index in [-0.39, 0.29) is 12.0 Å². The Morgan fingerprint density at radius 2 is 2.12 bits per heavy atom. The minimum absolute atomic E-state index is 0.0423. The summed E-state index contributed by atoms with van der Waals surface area (Å²) in [6.45, 7) is 10.8. The lowest BCUT2D eigenvalue weighted by molar-refractivity contribution is -0.137. The van der Waals surface area contributed by atoms with E-state index in [1.807, 2.05) is 11.1 Å². The van der Waals surface area contributed by atoms with Crippen molar-refractivity contribution in [2.75, 3.05) is 32.8 Å². The number of morpholine rings is 1. The number of piperidine rings is 1. The van der Waals surface area contributed by atoms with E-state index < -0.39 is 0 Å².